The van der Waals surface area contributed by atoms with Crippen LogP contribution in [0.3, 0.4) is 0 Å². The van der Waals surface area contributed by atoms with E-state index in [4.69, 9.17) is 9.52 Å². The molecule has 1 heterocycles. The zero-order chi connectivity index (χ0) is 12.6. The maximum absolute atomic E-state index is 11.2. The summed E-state index contributed by atoms with van der Waals surface area (Å²) in [5.41, 5.74) is 1.07. The summed E-state index contributed by atoms with van der Waals surface area (Å²) in [6.45, 7) is 0. The first-order chi connectivity index (χ1) is 7.99. The van der Waals surface area contributed by atoms with Gasteiger partial charge in [0.2, 0.25) is 0 Å². The van der Waals surface area contributed by atoms with Gasteiger partial charge in [-0.05, 0) is 12.1 Å². The fourth-order valence-corrected chi connectivity index (χ4v) is 1.40. The van der Waals surface area contributed by atoms with Crippen molar-refractivity contribution in [1.82, 2.24) is 4.98 Å². The van der Waals surface area contributed by atoms with Gasteiger partial charge < -0.3 is 14.4 Å². The van der Waals surface area contributed by atoms with Gasteiger partial charge in [0, 0.05) is 18.8 Å². The quantitative estimate of drug-likeness (QED) is 0.687. The van der Waals surface area contributed by atoms with E-state index >= 15 is 0 Å². The Balaban J connectivity index is 2.45. The summed E-state index contributed by atoms with van der Waals surface area (Å²) in [5.74, 6) is -3.23. The van der Waals surface area contributed by atoms with E-state index in [-0.39, 0.29) is 5.58 Å². The van der Waals surface area contributed by atoms with E-state index in [9.17, 15) is 14.4 Å². The van der Waals surface area contributed by atoms with Crippen LogP contribution in [-0.2, 0) is 9.59 Å². The third-order valence-corrected chi connectivity index (χ3v) is 2.28. The van der Waals surface area contributed by atoms with E-state index < -0.39 is 17.6 Å². The molecule has 0 unspecified atom stereocenters. The van der Waals surface area contributed by atoms with Crippen LogP contribution in [0, 0.1) is 0 Å². The standard InChI is InChI=1S/C10H8N2O5/c1-12(8(13)9(14)15)5-2-3-6-7(4-5)17-10(16)11-6/h2-4H,1H3,(H,11,16)(H,14,15). The van der Waals surface area contributed by atoms with E-state index in [1.165, 1.54) is 25.2 Å². The number of amides is 1. The second-order valence-corrected chi connectivity index (χ2v) is 3.36. The molecule has 2 aromatic rings. The number of carboxylic acids is 1. The molecule has 0 spiro atoms. The van der Waals surface area contributed by atoms with E-state index in [0.717, 1.165) is 4.90 Å². The van der Waals surface area contributed by atoms with Crippen LogP contribution >= 0.6 is 0 Å². The molecule has 88 valence electrons. The lowest BCUT2D eigenvalue weighted by Crippen LogP contribution is -2.32. The van der Waals surface area contributed by atoms with Crippen molar-refractivity contribution in [2.75, 3.05) is 11.9 Å². The molecule has 17 heavy (non-hydrogen) atoms. The van der Waals surface area contributed by atoms with Crippen molar-refractivity contribution >= 4 is 28.7 Å². The Morgan fingerprint density at radius 2 is 2.12 bits per heavy atom. The Morgan fingerprint density at radius 3 is 2.76 bits per heavy atom. The number of carbonyl (C=O) groups is 2. The lowest BCUT2D eigenvalue weighted by atomic mass is 10.2. The van der Waals surface area contributed by atoms with Crippen LogP contribution in [-0.4, -0.2) is 29.0 Å². The first-order valence-corrected chi connectivity index (χ1v) is 4.63. The Kier molecular flexibility index (Phi) is 2.43. The Hall–Kier alpha value is -2.57. The molecule has 0 bridgehead atoms. The number of benzene rings is 1. The minimum atomic E-state index is -1.55. The van der Waals surface area contributed by atoms with Crippen LogP contribution in [0.1, 0.15) is 0 Å². The molecule has 0 aliphatic rings. The number of nitrogens with zero attached hydrogens (tertiary/aromatic N) is 1. The van der Waals surface area contributed by atoms with E-state index in [0.29, 0.717) is 11.2 Å². The van der Waals surface area contributed by atoms with Gasteiger partial charge in [-0.15, -0.1) is 0 Å². The number of aromatic amines is 1. The number of rotatable bonds is 1. The highest BCUT2D eigenvalue weighted by Gasteiger charge is 2.19. The first-order valence-electron chi connectivity index (χ1n) is 4.63. The van der Waals surface area contributed by atoms with Gasteiger partial charge >= 0.3 is 17.6 Å². The Bertz CT molecular complexity index is 654. The molecule has 2 rings (SSSR count). The third-order valence-electron chi connectivity index (χ3n) is 2.28. The average Bonchev–Trinajstić information content (AvgIpc) is 2.65. The number of H-pyrrole nitrogens is 1. The Morgan fingerprint density at radius 1 is 1.41 bits per heavy atom. The zero-order valence-corrected chi connectivity index (χ0v) is 8.76. The molecule has 1 aromatic heterocycles. The highest BCUT2D eigenvalue weighted by molar-refractivity contribution is 6.37. The van der Waals surface area contributed by atoms with Crippen molar-refractivity contribution in [2.24, 2.45) is 0 Å². The average molecular weight is 236 g/mol. The van der Waals surface area contributed by atoms with Crippen molar-refractivity contribution in [3.8, 4) is 0 Å². The summed E-state index contributed by atoms with van der Waals surface area (Å²) >= 11 is 0. The van der Waals surface area contributed by atoms with Crippen LogP contribution in [0.2, 0.25) is 0 Å². The summed E-state index contributed by atoms with van der Waals surface area (Å²) in [6, 6.07) is 4.45. The van der Waals surface area contributed by atoms with Crippen molar-refractivity contribution in [2.45, 2.75) is 0 Å². The largest absolute Gasteiger partial charge is 0.474 e. The van der Waals surface area contributed by atoms with Crippen LogP contribution in [0.15, 0.2) is 27.4 Å². The molecule has 0 atom stereocenters. The maximum Gasteiger partial charge on any atom is 0.417 e. The summed E-state index contributed by atoms with van der Waals surface area (Å²) in [5, 5.41) is 8.56. The maximum atomic E-state index is 11.2. The number of hydrogen-bond acceptors (Lipinski definition) is 4. The smallest absolute Gasteiger partial charge is 0.417 e. The van der Waals surface area contributed by atoms with Crippen LogP contribution in [0.5, 0.6) is 0 Å². The fourth-order valence-electron chi connectivity index (χ4n) is 1.40. The molecular weight excluding hydrogens is 228 g/mol. The normalized spacial score (nSPS) is 10.4. The van der Waals surface area contributed by atoms with Gasteiger partial charge in [0.25, 0.3) is 0 Å². The van der Waals surface area contributed by atoms with Crippen molar-refractivity contribution in [1.29, 1.82) is 0 Å². The highest BCUT2D eigenvalue weighted by atomic mass is 16.4. The summed E-state index contributed by atoms with van der Waals surface area (Å²) in [6.07, 6.45) is 0. The van der Waals surface area contributed by atoms with Gasteiger partial charge in [0.05, 0.1) is 5.52 Å². The summed E-state index contributed by atoms with van der Waals surface area (Å²) < 4.78 is 4.80. The van der Waals surface area contributed by atoms with Gasteiger partial charge in [-0.1, -0.05) is 0 Å². The van der Waals surface area contributed by atoms with Crippen LogP contribution in [0.25, 0.3) is 11.1 Å². The topological polar surface area (TPSA) is 104 Å². The number of nitrogens with one attached hydrogen (secondary N) is 1. The summed E-state index contributed by atoms with van der Waals surface area (Å²) in [7, 11) is 1.32. The number of aromatic nitrogens is 1. The highest BCUT2D eigenvalue weighted by Crippen LogP contribution is 2.19. The van der Waals surface area contributed by atoms with E-state index in [2.05, 4.69) is 4.98 Å². The van der Waals surface area contributed by atoms with Gasteiger partial charge in [-0.3, -0.25) is 9.78 Å². The molecular formula is C10H8N2O5. The lowest BCUT2D eigenvalue weighted by Gasteiger charge is -2.13. The fraction of sp³-hybridized carbons (Fsp3) is 0.100. The predicted octanol–water partition coefficient (Wildman–Crippen LogP) is 0.168. The van der Waals surface area contributed by atoms with Crippen molar-refractivity contribution < 1.29 is 19.1 Å². The minimum absolute atomic E-state index is 0.262. The van der Waals surface area contributed by atoms with Crippen molar-refractivity contribution in [3.63, 3.8) is 0 Å². The lowest BCUT2D eigenvalue weighted by molar-refractivity contribution is -0.148. The van der Waals surface area contributed by atoms with Gasteiger partial charge in [-0.25, -0.2) is 9.59 Å². The number of oxazole rings is 1. The molecule has 0 saturated heterocycles. The molecule has 0 radical (unpaired) electrons. The van der Waals surface area contributed by atoms with Crippen molar-refractivity contribution in [3.05, 3.63) is 28.7 Å². The molecule has 7 nitrogen and oxygen atoms in total. The molecule has 0 fully saturated rings. The second-order valence-electron chi connectivity index (χ2n) is 3.36. The molecule has 0 saturated carbocycles. The summed E-state index contributed by atoms with van der Waals surface area (Å²) in [4.78, 5) is 36.0. The van der Waals surface area contributed by atoms with E-state index in [1.807, 2.05) is 0 Å². The second kappa shape index (κ2) is 3.78. The first kappa shape index (κ1) is 10.9. The SMILES string of the molecule is CN(C(=O)C(=O)O)c1ccc2[nH]c(=O)oc2c1. The number of aliphatic carboxylic acids is 1. The number of anilines is 1. The van der Waals surface area contributed by atoms with Crippen LogP contribution in [0.4, 0.5) is 5.69 Å². The molecule has 2 N–H and O–H groups in total. The van der Waals surface area contributed by atoms with Gasteiger partial charge in [-0.2, -0.15) is 0 Å². The zero-order valence-electron chi connectivity index (χ0n) is 8.76. The Labute approximate surface area is 94.3 Å². The minimum Gasteiger partial charge on any atom is -0.474 e. The molecule has 7 heteroatoms. The molecule has 0 aliphatic carbocycles. The van der Waals surface area contributed by atoms with Gasteiger partial charge in [0.1, 0.15) is 0 Å². The predicted molar refractivity (Wildman–Crippen MR) is 57.9 cm³/mol. The molecule has 1 aromatic carbocycles. The van der Waals surface area contributed by atoms with Crippen LogP contribution < -0.4 is 10.7 Å². The van der Waals surface area contributed by atoms with Gasteiger partial charge in [0.15, 0.2) is 5.58 Å². The molecule has 0 aliphatic heterocycles. The number of hydrogen-bond donors (Lipinski definition) is 2. The molecule has 1 amide bonds. The number of fused-ring (bicyclic) bond motifs is 1. The number of likely N-dealkylation sites (N-methyl/N-ethyl adjacent to an activating group) is 1. The third kappa shape index (κ3) is 1.89. The van der Waals surface area contributed by atoms with E-state index in [1.54, 1.807) is 0 Å². The number of carboxylic acid groups (broad SMARTS) is 1. The monoisotopic (exact) mass is 236 g/mol. The number of carbonyl (C=O) groups excluding carboxylic acids is 1.